The van der Waals surface area contributed by atoms with Gasteiger partial charge < -0.3 is 5.32 Å². The lowest BCUT2D eigenvalue weighted by Crippen LogP contribution is -2.22. The molecule has 1 nitrogen and oxygen atoms in total. The van der Waals surface area contributed by atoms with Crippen LogP contribution in [0.1, 0.15) is 42.6 Å². The molecule has 2 atom stereocenters. The summed E-state index contributed by atoms with van der Waals surface area (Å²) in [5.41, 5.74) is 3.99. The maximum atomic E-state index is 3.64. The molecule has 0 spiro atoms. The molecule has 94 valence electrons. The van der Waals surface area contributed by atoms with Crippen molar-refractivity contribution in [2.75, 3.05) is 0 Å². The zero-order valence-corrected chi connectivity index (χ0v) is 11.4. The molecular formula is C17H21N. The lowest BCUT2D eigenvalue weighted by Gasteiger charge is -2.21. The maximum Gasteiger partial charge on any atom is 0.0297 e. The van der Waals surface area contributed by atoms with Gasteiger partial charge in [-0.15, -0.1) is 0 Å². The van der Waals surface area contributed by atoms with Gasteiger partial charge in [-0.1, -0.05) is 60.2 Å². The van der Waals surface area contributed by atoms with Gasteiger partial charge in [0, 0.05) is 12.1 Å². The van der Waals surface area contributed by atoms with Crippen LogP contribution < -0.4 is 5.32 Å². The highest BCUT2D eigenvalue weighted by Gasteiger charge is 2.10. The topological polar surface area (TPSA) is 12.0 Å². The fourth-order valence-electron chi connectivity index (χ4n) is 2.25. The van der Waals surface area contributed by atoms with Crippen molar-refractivity contribution in [3.8, 4) is 0 Å². The third-order valence-electron chi connectivity index (χ3n) is 3.34. The van der Waals surface area contributed by atoms with Crippen LogP contribution in [0.5, 0.6) is 0 Å². The lowest BCUT2D eigenvalue weighted by atomic mass is 10.0. The van der Waals surface area contributed by atoms with Gasteiger partial charge in [0.15, 0.2) is 0 Å². The number of rotatable bonds is 4. The van der Waals surface area contributed by atoms with E-state index in [1.165, 1.54) is 16.7 Å². The Bertz CT molecular complexity index is 490. The normalized spacial score (nSPS) is 14.2. The monoisotopic (exact) mass is 239 g/mol. The van der Waals surface area contributed by atoms with Crippen molar-refractivity contribution in [3.05, 3.63) is 71.3 Å². The second-order valence-corrected chi connectivity index (χ2v) is 4.93. The molecule has 0 bridgehead atoms. The Hall–Kier alpha value is -1.60. The average Bonchev–Trinajstić information content (AvgIpc) is 2.39. The van der Waals surface area contributed by atoms with Gasteiger partial charge in [0.25, 0.3) is 0 Å². The molecule has 18 heavy (non-hydrogen) atoms. The summed E-state index contributed by atoms with van der Waals surface area (Å²) in [6.07, 6.45) is 0. The Morgan fingerprint density at radius 3 is 2.06 bits per heavy atom. The molecule has 0 aliphatic rings. The van der Waals surface area contributed by atoms with E-state index in [-0.39, 0.29) is 0 Å². The van der Waals surface area contributed by atoms with Crippen molar-refractivity contribution >= 4 is 0 Å². The molecule has 1 unspecified atom stereocenters. The molecule has 0 heterocycles. The van der Waals surface area contributed by atoms with Gasteiger partial charge in [-0.05, 0) is 31.9 Å². The summed E-state index contributed by atoms with van der Waals surface area (Å²) in [6, 6.07) is 20.0. The minimum atomic E-state index is 0.361. The van der Waals surface area contributed by atoms with E-state index in [1.807, 2.05) is 0 Å². The number of hydrogen-bond donors (Lipinski definition) is 1. The van der Waals surface area contributed by atoms with Gasteiger partial charge in [0.1, 0.15) is 0 Å². The molecule has 2 aromatic rings. The summed E-state index contributed by atoms with van der Waals surface area (Å²) >= 11 is 0. The fourth-order valence-corrected chi connectivity index (χ4v) is 2.25. The van der Waals surface area contributed by atoms with E-state index in [0.717, 1.165) is 0 Å². The highest BCUT2D eigenvalue weighted by atomic mass is 14.9. The van der Waals surface area contributed by atoms with Crippen LogP contribution in [-0.2, 0) is 0 Å². The van der Waals surface area contributed by atoms with Crippen molar-refractivity contribution in [1.29, 1.82) is 0 Å². The number of aryl methyl sites for hydroxylation is 1. The zero-order chi connectivity index (χ0) is 13.0. The summed E-state index contributed by atoms with van der Waals surface area (Å²) < 4.78 is 0. The van der Waals surface area contributed by atoms with Crippen LogP contribution >= 0.6 is 0 Å². The summed E-state index contributed by atoms with van der Waals surface area (Å²) in [4.78, 5) is 0. The molecule has 2 rings (SSSR count). The maximum absolute atomic E-state index is 3.64. The number of hydrogen-bond acceptors (Lipinski definition) is 1. The third-order valence-corrected chi connectivity index (χ3v) is 3.34. The lowest BCUT2D eigenvalue weighted by molar-refractivity contribution is 0.494. The Morgan fingerprint density at radius 2 is 1.39 bits per heavy atom. The summed E-state index contributed by atoms with van der Waals surface area (Å²) in [6.45, 7) is 6.56. The van der Waals surface area contributed by atoms with E-state index in [0.29, 0.717) is 12.1 Å². The van der Waals surface area contributed by atoms with Crippen molar-refractivity contribution in [1.82, 2.24) is 5.32 Å². The predicted octanol–water partition coefficient (Wildman–Crippen LogP) is 4.41. The van der Waals surface area contributed by atoms with Gasteiger partial charge in [-0.2, -0.15) is 0 Å². The van der Waals surface area contributed by atoms with Gasteiger partial charge in [0.2, 0.25) is 0 Å². The van der Waals surface area contributed by atoms with E-state index in [1.54, 1.807) is 0 Å². The predicted molar refractivity (Wildman–Crippen MR) is 77.6 cm³/mol. The molecule has 0 aromatic heterocycles. The molecule has 0 radical (unpaired) electrons. The number of benzene rings is 2. The molecule has 0 saturated heterocycles. The van der Waals surface area contributed by atoms with Gasteiger partial charge in [0.05, 0.1) is 0 Å². The van der Waals surface area contributed by atoms with Crippen molar-refractivity contribution < 1.29 is 0 Å². The SMILES string of the molecule is Cc1cccc(C(C)N[C@@H](C)c2ccccc2)c1. The first-order valence-electron chi connectivity index (χ1n) is 6.54. The largest absolute Gasteiger partial charge is 0.304 e. The zero-order valence-electron chi connectivity index (χ0n) is 11.4. The molecule has 0 aliphatic heterocycles. The average molecular weight is 239 g/mol. The highest BCUT2D eigenvalue weighted by molar-refractivity contribution is 5.25. The van der Waals surface area contributed by atoms with Crippen molar-refractivity contribution in [2.45, 2.75) is 32.9 Å². The Balaban J connectivity index is 2.05. The van der Waals surface area contributed by atoms with Crippen molar-refractivity contribution in [2.24, 2.45) is 0 Å². The number of nitrogens with one attached hydrogen (secondary N) is 1. The standard InChI is InChI=1S/C17H21N/c1-13-8-7-11-17(12-13)15(3)18-14(2)16-9-5-4-6-10-16/h4-12,14-15,18H,1-3H3/t14-,15?/m0/s1. The molecule has 0 saturated carbocycles. The second-order valence-electron chi connectivity index (χ2n) is 4.93. The van der Waals surface area contributed by atoms with Crippen LogP contribution in [0.25, 0.3) is 0 Å². The minimum absolute atomic E-state index is 0.361. The molecule has 0 aliphatic carbocycles. The van der Waals surface area contributed by atoms with Crippen molar-refractivity contribution in [3.63, 3.8) is 0 Å². The molecule has 0 amide bonds. The van der Waals surface area contributed by atoms with Crippen LogP contribution in [-0.4, -0.2) is 0 Å². The summed E-state index contributed by atoms with van der Waals surface area (Å²) in [7, 11) is 0. The van der Waals surface area contributed by atoms with E-state index < -0.39 is 0 Å². The third kappa shape index (κ3) is 3.21. The van der Waals surface area contributed by atoms with E-state index in [2.05, 4.69) is 80.7 Å². The first kappa shape index (κ1) is 12.8. The smallest absolute Gasteiger partial charge is 0.0297 e. The molecular weight excluding hydrogens is 218 g/mol. The van der Waals surface area contributed by atoms with E-state index >= 15 is 0 Å². The van der Waals surface area contributed by atoms with Gasteiger partial charge in [-0.3, -0.25) is 0 Å². The quantitative estimate of drug-likeness (QED) is 0.833. The van der Waals surface area contributed by atoms with Crippen LogP contribution in [0.2, 0.25) is 0 Å². The van der Waals surface area contributed by atoms with Gasteiger partial charge >= 0.3 is 0 Å². The molecule has 2 aromatic carbocycles. The Morgan fingerprint density at radius 1 is 0.778 bits per heavy atom. The molecule has 0 fully saturated rings. The molecule has 1 heteroatoms. The minimum Gasteiger partial charge on any atom is -0.304 e. The Kier molecular flexibility index (Phi) is 4.16. The first-order chi connectivity index (χ1) is 8.66. The summed E-state index contributed by atoms with van der Waals surface area (Å²) in [5.74, 6) is 0. The summed E-state index contributed by atoms with van der Waals surface area (Å²) in [5, 5.41) is 3.64. The fraction of sp³-hybridized carbons (Fsp3) is 0.294. The van der Waals surface area contributed by atoms with E-state index in [9.17, 15) is 0 Å². The van der Waals surface area contributed by atoms with Crippen LogP contribution in [0.4, 0.5) is 0 Å². The highest BCUT2D eigenvalue weighted by Crippen LogP contribution is 2.19. The Labute approximate surface area is 110 Å². The van der Waals surface area contributed by atoms with Crippen LogP contribution in [0.3, 0.4) is 0 Å². The second kappa shape index (κ2) is 5.83. The van der Waals surface area contributed by atoms with Crippen LogP contribution in [0, 0.1) is 6.92 Å². The van der Waals surface area contributed by atoms with Crippen LogP contribution in [0.15, 0.2) is 54.6 Å². The molecule has 1 N–H and O–H groups in total. The first-order valence-corrected chi connectivity index (χ1v) is 6.54. The van der Waals surface area contributed by atoms with Gasteiger partial charge in [-0.25, -0.2) is 0 Å². The van der Waals surface area contributed by atoms with E-state index in [4.69, 9.17) is 0 Å².